The molecule has 0 aliphatic carbocycles. The molecule has 1 aliphatic heterocycles. The van der Waals surface area contributed by atoms with Crippen LogP contribution in [0.5, 0.6) is 0 Å². The Morgan fingerprint density at radius 3 is 1.89 bits per heavy atom. The zero-order valence-electron chi connectivity index (χ0n) is 9.78. The maximum Gasteiger partial charge on any atom is 0.418 e. The molecule has 0 spiro atoms. The highest BCUT2D eigenvalue weighted by molar-refractivity contribution is 5.58. The van der Waals surface area contributed by atoms with Gasteiger partial charge in [0.1, 0.15) is 0 Å². The molecule has 1 aromatic rings. The first-order valence-corrected chi connectivity index (χ1v) is 5.73. The Morgan fingerprint density at radius 1 is 0.842 bits per heavy atom. The van der Waals surface area contributed by atoms with E-state index < -0.39 is 23.5 Å². The summed E-state index contributed by atoms with van der Waals surface area (Å²) in [6, 6.07) is 1.58. The predicted octanol–water partition coefficient (Wildman–Crippen LogP) is 4.32. The van der Waals surface area contributed by atoms with Crippen LogP contribution in [-0.2, 0) is 12.4 Å². The Morgan fingerprint density at radius 2 is 1.42 bits per heavy atom. The van der Waals surface area contributed by atoms with Crippen LogP contribution in [0, 0.1) is 0 Å². The van der Waals surface area contributed by atoms with Crippen LogP contribution in [0.1, 0.15) is 24.0 Å². The van der Waals surface area contributed by atoms with E-state index in [1.54, 1.807) is 0 Å². The zero-order chi connectivity index (χ0) is 14.3. The van der Waals surface area contributed by atoms with Crippen molar-refractivity contribution in [2.24, 2.45) is 0 Å². The van der Waals surface area contributed by atoms with Crippen LogP contribution in [-0.4, -0.2) is 13.1 Å². The Bertz CT molecular complexity index is 456. The number of alkyl halides is 6. The molecule has 1 aliphatic rings. The molecule has 1 nitrogen and oxygen atoms in total. The summed E-state index contributed by atoms with van der Waals surface area (Å²) in [6.45, 7) is 0.703. The summed E-state index contributed by atoms with van der Waals surface area (Å²) < 4.78 is 76.2. The van der Waals surface area contributed by atoms with E-state index in [9.17, 15) is 26.3 Å². The van der Waals surface area contributed by atoms with Crippen LogP contribution in [0.4, 0.5) is 32.0 Å². The maximum absolute atomic E-state index is 12.8. The normalized spacial score (nSPS) is 17.1. The van der Waals surface area contributed by atoms with E-state index in [0.717, 1.165) is 0 Å². The molecule has 0 N–H and O–H groups in total. The summed E-state index contributed by atoms with van der Waals surface area (Å²) in [5.41, 5.74) is -2.44. The molecule has 0 radical (unpaired) electrons. The smallest absolute Gasteiger partial charge is 0.371 e. The Labute approximate surface area is 105 Å². The topological polar surface area (TPSA) is 3.24 Å². The number of nitrogens with zero attached hydrogens (tertiary/aromatic N) is 1. The van der Waals surface area contributed by atoms with E-state index in [1.165, 1.54) is 4.90 Å². The lowest BCUT2D eigenvalue weighted by atomic mass is 10.1. The lowest BCUT2D eigenvalue weighted by molar-refractivity contribution is -0.141. The molecule has 2 rings (SSSR count). The van der Waals surface area contributed by atoms with Crippen molar-refractivity contribution in [3.8, 4) is 0 Å². The average Bonchev–Trinajstić information content (AvgIpc) is 2.79. The monoisotopic (exact) mass is 283 g/mol. The van der Waals surface area contributed by atoms with Crippen molar-refractivity contribution in [2.45, 2.75) is 25.2 Å². The first-order chi connectivity index (χ1) is 8.69. The molecule has 0 aromatic heterocycles. The fourth-order valence-corrected chi connectivity index (χ4v) is 2.17. The van der Waals surface area contributed by atoms with Gasteiger partial charge in [0.15, 0.2) is 0 Å². The molecular weight excluding hydrogens is 272 g/mol. The minimum Gasteiger partial charge on any atom is -0.371 e. The van der Waals surface area contributed by atoms with Crippen molar-refractivity contribution in [1.29, 1.82) is 0 Å². The van der Waals surface area contributed by atoms with E-state index in [4.69, 9.17) is 0 Å². The fourth-order valence-electron chi connectivity index (χ4n) is 2.17. The summed E-state index contributed by atoms with van der Waals surface area (Å²) in [6.07, 6.45) is -7.91. The summed E-state index contributed by atoms with van der Waals surface area (Å²) in [5.74, 6) is 0. The Balaban J connectivity index is 2.50. The molecular formula is C12H11F6N. The van der Waals surface area contributed by atoms with Crippen molar-refractivity contribution in [2.75, 3.05) is 18.0 Å². The molecule has 1 saturated heterocycles. The van der Waals surface area contributed by atoms with E-state index >= 15 is 0 Å². The van der Waals surface area contributed by atoms with Crippen molar-refractivity contribution in [3.05, 3.63) is 29.3 Å². The van der Waals surface area contributed by atoms with Gasteiger partial charge in [-0.15, -0.1) is 0 Å². The van der Waals surface area contributed by atoms with Crippen LogP contribution in [0.2, 0.25) is 0 Å². The largest absolute Gasteiger partial charge is 0.418 e. The first-order valence-electron chi connectivity index (χ1n) is 5.73. The van der Waals surface area contributed by atoms with E-state index in [-0.39, 0.29) is 5.69 Å². The van der Waals surface area contributed by atoms with Gasteiger partial charge in [-0.05, 0) is 31.0 Å². The van der Waals surface area contributed by atoms with E-state index in [1.807, 2.05) is 0 Å². The second kappa shape index (κ2) is 4.61. The van der Waals surface area contributed by atoms with Crippen LogP contribution in [0.25, 0.3) is 0 Å². The standard InChI is InChI=1S/C12H11F6N/c13-11(14,15)8-3-4-9(12(16,17)18)10(7-8)19-5-1-2-6-19/h3-4,7H,1-2,5-6H2. The van der Waals surface area contributed by atoms with Crippen molar-refractivity contribution < 1.29 is 26.3 Å². The molecule has 1 aromatic carbocycles. The highest BCUT2D eigenvalue weighted by Crippen LogP contribution is 2.41. The first kappa shape index (κ1) is 14.0. The molecule has 0 unspecified atom stereocenters. The van der Waals surface area contributed by atoms with Crippen LogP contribution in [0.3, 0.4) is 0 Å². The quantitative estimate of drug-likeness (QED) is 0.694. The van der Waals surface area contributed by atoms with Crippen molar-refractivity contribution >= 4 is 5.69 Å². The SMILES string of the molecule is FC(F)(F)c1ccc(C(F)(F)F)c(N2CCCC2)c1. The predicted molar refractivity (Wildman–Crippen MR) is 57.9 cm³/mol. The Kier molecular flexibility index (Phi) is 3.40. The maximum atomic E-state index is 12.8. The molecule has 106 valence electrons. The number of rotatable bonds is 1. The lowest BCUT2D eigenvalue weighted by Crippen LogP contribution is -2.23. The Hall–Kier alpha value is -1.40. The molecule has 1 fully saturated rings. The van der Waals surface area contributed by atoms with Gasteiger partial charge in [-0.2, -0.15) is 26.3 Å². The van der Waals surface area contributed by atoms with Gasteiger partial charge in [0.05, 0.1) is 11.1 Å². The van der Waals surface area contributed by atoms with Gasteiger partial charge in [-0.1, -0.05) is 0 Å². The number of anilines is 1. The summed E-state index contributed by atoms with van der Waals surface area (Å²) >= 11 is 0. The van der Waals surface area contributed by atoms with E-state index in [2.05, 4.69) is 0 Å². The third-order valence-corrected chi connectivity index (χ3v) is 3.08. The fraction of sp³-hybridized carbons (Fsp3) is 0.500. The highest BCUT2D eigenvalue weighted by Gasteiger charge is 2.38. The minimum absolute atomic E-state index is 0.352. The molecule has 0 amide bonds. The van der Waals surface area contributed by atoms with Crippen LogP contribution in [0.15, 0.2) is 18.2 Å². The van der Waals surface area contributed by atoms with Gasteiger partial charge in [0.2, 0.25) is 0 Å². The molecule has 19 heavy (non-hydrogen) atoms. The van der Waals surface area contributed by atoms with Gasteiger partial charge in [0.25, 0.3) is 0 Å². The van der Waals surface area contributed by atoms with Gasteiger partial charge in [-0.3, -0.25) is 0 Å². The molecule has 0 saturated carbocycles. The molecule has 1 heterocycles. The number of benzene rings is 1. The summed E-state index contributed by atoms with van der Waals surface area (Å²) in [4.78, 5) is 1.36. The summed E-state index contributed by atoms with van der Waals surface area (Å²) in [5, 5.41) is 0. The number of hydrogen-bond donors (Lipinski definition) is 0. The average molecular weight is 283 g/mol. The second-order valence-electron chi connectivity index (χ2n) is 4.42. The molecule has 0 atom stereocenters. The lowest BCUT2D eigenvalue weighted by Gasteiger charge is -2.24. The highest BCUT2D eigenvalue weighted by atomic mass is 19.4. The third kappa shape index (κ3) is 2.96. The van der Waals surface area contributed by atoms with Crippen LogP contribution < -0.4 is 4.90 Å². The molecule has 0 bridgehead atoms. The van der Waals surface area contributed by atoms with Gasteiger partial charge in [-0.25, -0.2) is 0 Å². The van der Waals surface area contributed by atoms with Gasteiger partial charge in [0, 0.05) is 18.8 Å². The third-order valence-electron chi connectivity index (χ3n) is 3.08. The number of hydrogen-bond acceptors (Lipinski definition) is 1. The second-order valence-corrected chi connectivity index (χ2v) is 4.42. The van der Waals surface area contributed by atoms with Crippen molar-refractivity contribution in [3.63, 3.8) is 0 Å². The van der Waals surface area contributed by atoms with E-state index in [0.29, 0.717) is 44.1 Å². The summed E-state index contributed by atoms with van der Waals surface area (Å²) in [7, 11) is 0. The van der Waals surface area contributed by atoms with Crippen molar-refractivity contribution in [1.82, 2.24) is 0 Å². The van der Waals surface area contributed by atoms with Gasteiger partial charge < -0.3 is 4.90 Å². The van der Waals surface area contributed by atoms with Gasteiger partial charge >= 0.3 is 12.4 Å². The zero-order valence-corrected chi connectivity index (χ0v) is 9.78. The molecule has 7 heteroatoms. The number of halogens is 6. The van der Waals surface area contributed by atoms with Crippen LogP contribution >= 0.6 is 0 Å². The minimum atomic E-state index is -4.65.